The molecule has 4 nitrogen and oxygen atoms in total. The number of halogens is 2. The third-order valence-corrected chi connectivity index (χ3v) is 2.92. The summed E-state index contributed by atoms with van der Waals surface area (Å²) in [6.45, 7) is 4.05. The number of aromatic amines is 1. The molecule has 0 fully saturated rings. The van der Waals surface area contributed by atoms with Crippen molar-refractivity contribution >= 4 is 28.9 Å². The predicted octanol–water partition coefficient (Wildman–Crippen LogP) is 3.48. The van der Waals surface area contributed by atoms with E-state index in [0.29, 0.717) is 27.1 Å². The van der Waals surface area contributed by atoms with Gasteiger partial charge in [-0.2, -0.15) is 5.10 Å². The summed E-state index contributed by atoms with van der Waals surface area (Å²) in [5.74, 6) is 1.58. The maximum atomic E-state index is 5.96. The quantitative estimate of drug-likeness (QED) is 0.821. The van der Waals surface area contributed by atoms with Gasteiger partial charge in [-0.05, 0) is 12.1 Å². The smallest absolute Gasteiger partial charge is 0.183 e. The number of nitrogens with two attached hydrogens (primary N) is 1. The van der Waals surface area contributed by atoms with Crippen LogP contribution in [0.15, 0.2) is 12.1 Å². The van der Waals surface area contributed by atoms with Crippen molar-refractivity contribution < 1.29 is 0 Å². The predicted molar refractivity (Wildman–Crippen MR) is 70.3 cm³/mol. The van der Waals surface area contributed by atoms with Crippen LogP contribution in [0.5, 0.6) is 0 Å². The van der Waals surface area contributed by atoms with Crippen molar-refractivity contribution in [3.05, 3.63) is 28.0 Å². The van der Waals surface area contributed by atoms with Gasteiger partial charge in [-0.25, -0.2) is 4.98 Å². The van der Waals surface area contributed by atoms with Crippen LogP contribution in [-0.2, 0) is 0 Å². The van der Waals surface area contributed by atoms with Gasteiger partial charge in [0.05, 0.1) is 10.7 Å². The average molecular weight is 271 g/mol. The van der Waals surface area contributed by atoms with Crippen molar-refractivity contribution in [2.45, 2.75) is 19.8 Å². The Labute approximate surface area is 109 Å². The van der Waals surface area contributed by atoms with Crippen molar-refractivity contribution in [2.75, 3.05) is 5.73 Å². The van der Waals surface area contributed by atoms with Gasteiger partial charge >= 0.3 is 0 Å². The van der Waals surface area contributed by atoms with E-state index in [1.807, 2.05) is 13.8 Å². The molecule has 2 aromatic rings. The normalized spacial score (nSPS) is 11.1. The largest absolute Gasteiger partial charge is 0.397 e. The molecule has 1 aromatic carbocycles. The summed E-state index contributed by atoms with van der Waals surface area (Å²) >= 11 is 11.9. The van der Waals surface area contributed by atoms with E-state index in [9.17, 15) is 0 Å². The number of benzene rings is 1. The zero-order valence-electron chi connectivity index (χ0n) is 9.46. The molecule has 6 heteroatoms. The monoisotopic (exact) mass is 270 g/mol. The minimum atomic E-state index is 0.270. The summed E-state index contributed by atoms with van der Waals surface area (Å²) in [5, 5.41) is 7.90. The molecular formula is C11H12Cl2N4. The SMILES string of the molecule is CC(C)c1nc(-c2cc(Cl)cc(Cl)c2N)n[nH]1. The van der Waals surface area contributed by atoms with E-state index in [2.05, 4.69) is 15.2 Å². The highest BCUT2D eigenvalue weighted by molar-refractivity contribution is 6.37. The molecule has 1 heterocycles. The van der Waals surface area contributed by atoms with Crippen LogP contribution >= 0.6 is 23.2 Å². The van der Waals surface area contributed by atoms with Crippen LogP contribution in [0, 0.1) is 0 Å². The zero-order valence-corrected chi connectivity index (χ0v) is 11.0. The average Bonchev–Trinajstić information content (AvgIpc) is 2.72. The molecule has 0 aliphatic carbocycles. The second-order valence-corrected chi connectivity index (χ2v) is 4.89. The molecule has 3 N–H and O–H groups in total. The number of H-pyrrole nitrogens is 1. The van der Waals surface area contributed by atoms with Gasteiger partial charge in [0.2, 0.25) is 0 Å². The van der Waals surface area contributed by atoms with Crippen LogP contribution < -0.4 is 5.73 Å². The molecule has 2 rings (SSSR count). The second-order valence-electron chi connectivity index (χ2n) is 4.05. The van der Waals surface area contributed by atoms with Crippen molar-refractivity contribution in [1.29, 1.82) is 0 Å². The lowest BCUT2D eigenvalue weighted by Gasteiger charge is -2.04. The molecule has 0 amide bonds. The van der Waals surface area contributed by atoms with E-state index in [-0.39, 0.29) is 5.92 Å². The fourth-order valence-corrected chi connectivity index (χ4v) is 1.92. The third kappa shape index (κ3) is 2.37. The number of nitrogens with zero attached hydrogens (tertiary/aromatic N) is 2. The molecule has 0 spiro atoms. The van der Waals surface area contributed by atoms with Gasteiger partial charge in [0.15, 0.2) is 5.82 Å². The van der Waals surface area contributed by atoms with E-state index < -0.39 is 0 Å². The Hall–Kier alpha value is -1.26. The van der Waals surface area contributed by atoms with Gasteiger partial charge in [-0.3, -0.25) is 5.10 Å². The first kappa shape index (κ1) is 12.2. The van der Waals surface area contributed by atoms with E-state index in [1.54, 1.807) is 12.1 Å². The number of rotatable bonds is 2. The van der Waals surface area contributed by atoms with E-state index in [1.165, 1.54) is 0 Å². The number of nitrogen functional groups attached to an aromatic ring is 1. The number of anilines is 1. The molecule has 0 aliphatic heterocycles. The first-order valence-corrected chi connectivity index (χ1v) is 5.92. The van der Waals surface area contributed by atoms with Crippen LogP contribution in [0.3, 0.4) is 0 Å². The lowest BCUT2D eigenvalue weighted by molar-refractivity contribution is 0.781. The van der Waals surface area contributed by atoms with Gasteiger partial charge in [-0.15, -0.1) is 0 Å². The van der Waals surface area contributed by atoms with Crippen molar-refractivity contribution in [3.63, 3.8) is 0 Å². The fraction of sp³-hybridized carbons (Fsp3) is 0.273. The van der Waals surface area contributed by atoms with Crippen molar-refractivity contribution in [3.8, 4) is 11.4 Å². The van der Waals surface area contributed by atoms with E-state index >= 15 is 0 Å². The van der Waals surface area contributed by atoms with Gasteiger partial charge < -0.3 is 5.73 Å². The van der Waals surface area contributed by atoms with Crippen LogP contribution in [0.4, 0.5) is 5.69 Å². The standard InChI is InChI=1S/C11H12Cl2N4/c1-5(2)10-15-11(17-16-10)7-3-6(12)4-8(13)9(7)14/h3-5H,14H2,1-2H3,(H,15,16,17). The van der Waals surface area contributed by atoms with Gasteiger partial charge in [0.25, 0.3) is 0 Å². The van der Waals surface area contributed by atoms with Crippen molar-refractivity contribution in [2.24, 2.45) is 0 Å². The molecular weight excluding hydrogens is 259 g/mol. The highest BCUT2D eigenvalue weighted by Crippen LogP contribution is 2.33. The highest BCUT2D eigenvalue weighted by Gasteiger charge is 2.14. The van der Waals surface area contributed by atoms with Gasteiger partial charge in [0.1, 0.15) is 5.82 Å². The second kappa shape index (κ2) is 4.55. The fourth-order valence-electron chi connectivity index (χ4n) is 1.42. The lowest BCUT2D eigenvalue weighted by Crippen LogP contribution is -1.93. The molecule has 0 saturated carbocycles. The first-order chi connectivity index (χ1) is 7.99. The van der Waals surface area contributed by atoms with Crippen LogP contribution in [0.25, 0.3) is 11.4 Å². The minimum absolute atomic E-state index is 0.270. The Bertz CT molecular complexity index is 548. The topological polar surface area (TPSA) is 67.6 Å². The number of hydrogen-bond acceptors (Lipinski definition) is 3. The van der Waals surface area contributed by atoms with Crippen molar-refractivity contribution in [1.82, 2.24) is 15.2 Å². The van der Waals surface area contributed by atoms with Crippen LogP contribution in [-0.4, -0.2) is 15.2 Å². The Balaban J connectivity index is 2.52. The van der Waals surface area contributed by atoms with E-state index in [4.69, 9.17) is 28.9 Å². The van der Waals surface area contributed by atoms with E-state index in [0.717, 1.165) is 5.82 Å². The van der Waals surface area contributed by atoms with Crippen LogP contribution in [0.1, 0.15) is 25.6 Å². The molecule has 0 atom stereocenters. The lowest BCUT2D eigenvalue weighted by atomic mass is 10.1. The molecule has 0 saturated heterocycles. The summed E-state index contributed by atoms with van der Waals surface area (Å²) in [6.07, 6.45) is 0. The Morgan fingerprint density at radius 2 is 2.00 bits per heavy atom. The molecule has 90 valence electrons. The highest BCUT2D eigenvalue weighted by atomic mass is 35.5. The number of hydrogen-bond donors (Lipinski definition) is 2. The molecule has 0 bridgehead atoms. The maximum Gasteiger partial charge on any atom is 0.183 e. The van der Waals surface area contributed by atoms with Gasteiger partial charge in [0, 0.05) is 16.5 Å². The Morgan fingerprint density at radius 1 is 1.29 bits per heavy atom. The first-order valence-electron chi connectivity index (χ1n) is 5.16. The summed E-state index contributed by atoms with van der Waals surface area (Å²) in [5.41, 5.74) is 6.96. The molecule has 0 radical (unpaired) electrons. The summed E-state index contributed by atoms with van der Waals surface area (Å²) in [6, 6.07) is 3.30. The summed E-state index contributed by atoms with van der Waals surface area (Å²) in [7, 11) is 0. The number of nitrogens with one attached hydrogen (secondary N) is 1. The van der Waals surface area contributed by atoms with Gasteiger partial charge in [-0.1, -0.05) is 37.0 Å². The molecule has 0 aliphatic rings. The maximum absolute atomic E-state index is 5.96. The minimum Gasteiger partial charge on any atom is -0.397 e. The summed E-state index contributed by atoms with van der Waals surface area (Å²) < 4.78 is 0. The van der Waals surface area contributed by atoms with Crippen LogP contribution in [0.2, 0.25) is 10.0 Å². The molecule has 0 unspecified atom stereocenters. The molecule has 17 heavy (non-hydrogen) atoms. The Morgan fingerprint density at radius 3 is 2.59 bits per heavy atom. The number of aromatic nitrogens is 3. The molecule has 1 aromatic heterocycles. The summed E-state index contributed by atoms with van der Waals surface area (Å²) in [4.78, 5) is 4.36. The Kier molecular flexibility index (Phi) is 3.26. The zero-order chi connectivity index (χ0) is 12.6. The third-order valence-electron chi connectivity index (χ3n) is 2.38.